The van der Waals surface area contributed by atoms with Crippen LogP contribution in [0.2, 0.25) is 5.02 Å². The van der Waals surface area contributed by atoms with Gasteiger partial charge in [-0.15, -0.1) is 0 Å². The lowest BCUT2D eigenvalue weighted by Gasteiger charge is -2.17. The van der Waals surface area contributed by atoms with Crippen molar-refractivity contribution in [3.05, 3.63) is 212 Å². The van der Waals surface area contributed by atoms with E-state index < -0.39 is 41.4 Å². The molecule has 0 saturated carbocycles. The molecule has 0 fully saturated rings. The molecule has 0 spiro atoms. The minimum Gasteiger partial charge on any atom is -0.506 e. The highest BCUT2D eigenvalue weighted by atomic mass is 35.5. The van der Waals surface area contributed by atoms with Gasteiger partial charge in [-0.2, -0.15) is 0 Å². The summed E-state index contributed by atoms with van der Waals surface area (Å²) in [7, 11) is 3.03. The second-order valence-corrected chi connectivity index (χ2v) is 20.5. The first-order valence-corrected chi connectivity index (χ1v) is 27.3. The largest absolute Gasteiger partial charge is 0.506 e. The van der Waals surface area contributed by atoms with Crippen LogP contribution in [0.25, 0.3) is 50.8 Å². The first kappa shape index (κ1) is 63.2. The molecule has 3 heterocycles. The number of phenols is 1. The predicted molar refractivity (Wildman–Crippen MR) is 326 cm³/mol. The van der Waals surface area contributed by atoms with Gasteiger partial charge in [0.25, 0.3) is 0 Å². The molecule has 0 aliphatic rings. The molecule has 18 nitrogen and oxygen atoms in total. The van der Waals surface area contributed by atoms with Crippen LogP contribution in [0.3, 0.4) is 0 Å². The maximum absolute atomic E-state index is 14.3. The normalized spacial score (nSPS) is 10.7. The number of carboxylic acids is 3. The van der Waals surface area contributed by atoms with Crippen LogP contribution in [0.1, 0.15) is 89.7 Å². The molecule has 3 aromatic heterocycles. The van der Waals surface area contributed by atoms with Crippen molar-refractivity contribution < 1.29 is 63.1 Å². The molecule has 444 valence electrons. The monoisotopic (exact) mass is 1190 g/mol. The summed E-state index contributed by atoms with van der Waals surface area (Å²) in [5.74, 6) is -3.74. The van der Waals surface area contributed by atoms with Crippen molar-refractivity contribution >= 4 is 47.2 Å². The topological polar surface area (TPSA) is 295 Å². The molecule has 20 heteroatoms. The standard InChI is InChI=1S/C23H24N2O4.C22H21FN2O4.C21H19ClN2O4/c1-14-12-17(23(24)28)4-8-19(14)25-18(7-11-22(26)27)6-9-20(25)16-5-10-21(29-3)15(2)13-16;1-13-11-15(22(24)28)3-7-18(13)25-16(6-10-21(26)27)5-8-19(25)14-4-9-20(29-2)17(23)12-14;1-12-10-14(21(23)28)2-6-17(12)24-15(5-9-20(26)27)4-7-18(24)13-3-8-19(25)16(22)11-13/h4-6,8-10,12-13H,7,11H2,1-3H3,(H2,24,28)(H,26,27);3-5,7-9,11-12H,6,10H2,1-2H3,(H2,24,28)(H,26,27);2-4,6-8,10-11,25H,5,9H2,1H3,(H2,23,28)(H,26,27). The number of benzene rings is 6. The number of carbonyl (C=O) groups is 6. The lowest BCUT2D eigenvalue weighted by Crippen LogP contribution is -2.12. The summed E-state index contributed by atoms with van der Waals surface area (Å²) in [5, 5.41) is 37.2. The number of aromatic nitrogens is 3. The van der Waals surface area contributed by atoms with Gasteiger partial charge in [-0.25, -0.2) is 4.39 Å². The van der Waals surface area contributed by atoms with Gasteiger partial charge in [-0.1, -0.05) is 11.6 Å². The molecule has 9 aromatic rings. The average molecular weight is 1190 g/mol. The summed E-state index contributed by atoms with van der Waals surface area (Å²) >= 11 is 6.07. The van der Waals surface area contributed by atoms with Crippen molar-refractivity contribution in [3.63, 3.8) is 0 Å². The number of rotatable bonds is 20. The fourth-order valence-electron chi connectivity index (χ4n) is 9.97. The van der Waals surface area contributed by atoms with E-state index in [0.29, 0.717) is 47.2 Å². The van der Waals surface area contributed by atoms with Crippen LogP contribution in [0, 0.1) is 33.5 Å². The number of phenolic OH excluding ortho intramolecular Hbond substituents is 1. The van der Waals surface area contributed by atoms with Crippen LogP contribution in [0.4, 0.5) is 4.39 Å². The molecule has 0 bridgehead atoms. The smallest absolute Gasteiger partial charge is 0.303 e. The Morgan fingerprint density at radius 1 is 0.442 bits per heavy atom. The third-order valence-corrected chi connectivity index (χ3v) is 14.5. The zero-order valence-corrected chi connectivity index (χ0v) is 48.7. The lowest BCUT2D eigenvalue weighted by atomic mass is 10.1. The molecule has 10 N–H and O–H groups in total. The molecule has 0 radical (unpaired) electrons. The number of primary amides is 3. The van der Waals surface area contributed by atoms with Crippen LogP contribution in [0.15, 0.2) is 146 Å². The van der Waals surface area contributed by atoms with Crippen LogP contribution in [-0.4, -0.2) is 84.0 Å². The van der Waals surface area contributed by atoms with Gasteiger partial charge in [-0.3, -0.25) is 28.8 Å². The van der Waals surface area contributed by atoms with Gasteiger partial charge in [0.05, 0.1) is 55.6 Å². The average Bonchev–Trinajstić information content (AvgIpc) is 1.71. The summed E-state index contributed by atoms with van der Waals surface area (Å²) in [6.45, 7) is 7.58. The minimum atomic E-state index is -0.907. The van der Waals surface area contributed by atoms with Crippen molar-refractivity contribution in [2.75, 3.05) is 14.2 Å². The van der Waals surface area contributed by atoms with Crippen molar-refractivity contribution in [2.24, 2.45) is 17.2 Å². The first-order chi connectivity index (χ1) is 40.9. The maximum atomic E-state index is 14.3. The van der Waals surface area contributed by atoms with Crippen molar-refractivity contribution in [1.29, 1.82) is 0 Å². The number of carbonyl (C=O) groups excluding carboxylic acids is 3. The van der Waals surface area contributed by atoms with E-state index in [1.54, 1.807) is 79.9 Å². The van der Waals surface area contributed by atoms with Gasteiger partial charge in [0.1, 0.15) is 11.5 Å². The quantitative estimate of drug-likeness (QED) is 0.0375. The highest BCUT2D eigenvalue weighted by Gasteiger charge is 2.21. The van der Waals surface area contributed by atoms with Crippen LogP contribution in [-0.2, 0) is 33.6 Å². The number of methoxy groups -OCH3 is 2. The molecular formula is C66H64ClFN6O12. The van der Waals surface area contributed by atoms with Crippen LogP contribution in [0.5, 0.6) is 17.2 Å². The molecule has 0 aliphatic carbocycles. The van der Waals surface area contributed by atoms with Crippen LogP contribution >= 0.6 is 11.6 Å². The number of aliphatic carboxylic acids is 3. The fraction of sp³-hybridized carbons (Fsp3) is 0.182. The van der Waals surface area contributed by atoms with Gasteiger partial charge in [-0.05, 0) is 220 Å². The number of nitrogens with two attached hydrogens (primary N) is 3. The Hall–Kier alpha value is -10.4. The Morgan fingerprint density at radius 3 is 1.08 bits per heavy atom. The number of nitrogens with zero attached hydrogens (tertiary/aromatic N) is 3. The lowest BCUT2D eigenvalue weighted by molar-refractivity contribution is -0.138. The molecule has 86 heavy (non-hydrogen) atoms. The van der Waals surface area contributed by atoms with E-state index in [1.807, 2.05) is 102 Å². The van der Waals surface area contributed by atoms with Crippen molar-refractivity contribution in [1.82, 2.24) is 13.7 Å². The SMILES string of the molecule is COc1ccc(-c2ccc(CCC(=O)O)n2-c2ccc(C(N)=O)cc2C)cc1C.COc1ccc(-c2ccc(CCC(=O)O)n2-c2ccc(C(N)=O)cc2C)cc1F.Cc1cc(C(N)=O)ccc1-n1c(CCC(=O)O)ccc1-c1ccc(O)c(Cl)c1. The summed E-state index contributed by atoms with van der Waals surface area (Å²) in [4.78, 5) is 67.7. The third-order valence-electron chi connectivity index (χ3n) is 14.2. The molecule has 0 unspecified atom stereocenters. The number of aromatic hydroxyl groups is 1. The fourth-order valence-corrected chi connectivity index (χ4v) is 10.1. The maximum Gasteiger partial charge on any atom is 0.303 e. The number of ether oxygens (including phenoxy) is 2. The first-order valence-electron chi connectivity index (χ1n) is 26.9. The van der Waals surface area contributed by atoms with Crippen molar-refractivity contribution in [2.45, 2.75) is 66.2 Å². The number of amides is 3. The van der Waals surface area contributed by atoms with E-state index in [4.69, 9.17) is 53.6 Å². The van der Waals surface area contributed by atoms with Gasteiger partial charge < -0.3 is 60.8 Å². The number of hydrogen-bond donors (Lipinski definition) is 7. The Labute approximate surface area is 500 Å². The number of carboxylic acid groups (broad SMARTS) is 3. The van der Waals surface area contributed by atoms with Gasteiger partial charge in [0, 0.05) is 62.0 Å². The van der Waals surface area contributed by atoms with Gasteiger partial charge in [0.2, 0.25) is 17.7 Å². The minimum absolute atomic E-state index is 0.0157. The Balaban J connectivity index is 0.000000185. The molecule has 0 saturated heterocycles. The number of hydrogen-bond acceptors (Lipinski definition) is 9. The highest BCUT2D eigenvalue weighted by Crippen LogP contribution is 2.36. The predicted octanol–water partition coefficient (Wildman–Crippen LogP) is 11.5. The van der Waals surface area contributed by atoms with E-state index >= 15 is 0 Å². The van der Waals surface area contributed by atoms with Gasteiger partial charge >= 0.3 is 17.9 Å². The van der Waals surface area contributed by atoms with E-state index in [9.17, 15) is 38.3 Å². The Morgan fingerprint density at radius 2 is 0.779 bits per heavy atom. The van der Waals surface area contributed by atoms with Gasteiger partial charge in [0.15, 0.2) is 11.6 Å². The number of aryl methyl sites for hydroxylation is 7. The second kappa shape index (κ2) is 27.8. The highest BCUT2D eigenvalue weighted by molar-refractivity contribution is 6.32. The molecule has 3 amide bonds. The molecule has 9 rings (SSSR count). The Bertz CT molecular complexity index is 3890. The van der Waals surface area contributed by atoms with E-state index in [2.05, 4.69) is 0 Å². The summed E-state index contributed by atoms with van der Waals surface area (Å²) in [6, 6.07) is 42.3. The molecular weight excluding hydrogens is 1120 g/mol. The van der Waals surface area contributed by atoms with E-state index in [1.165, 1.54) is 19.2 Å². The molecule has 0 atom stereocenters. The third kappa shape index (κ3) is 14.9. The zero-order chi connectivity index (χ0) is 62.7. The summed E-state index contributed by atoms with van der Waals surface area (Å²) < 4.78 is 30.5. The number of halogens is 2. The molecule has 0 aliphatic heterocycles. The zero-order valence-electron chi connectivity index (χ0n) is 48.0. The molecule has 6 aromatic carbocycles. The van der Waals surface area contributed by atoms with Crippen molar-refractivity contribution in [3.8, 4) is 68.1 Å². The Kier molecular flexibility index (Phi) is 20.4. The summed E-state index contributed by atoms with van der Waals surface area (Å²) in [5.41, 5.74) is 30.5. The second-order valence-electron chi connectivity index (χ2n) is 20.1. The van der Waals surface area contributed by atoms with Crippen LogP contribution < -0.4 is 26.7 Å². The van der Waals surface area contributed by atoms with E-state index in [0.717, 1.165) is 84.7 Å². The van der Waals surface area contributed by atoms with E-state index in [-0.39, 0.29) is 35.8 Å². The summed E-state index contributed by atoms with van der Waals surface area (Å²) in [6.07, 6.45) is 0.991.